The Balaban J connectivity index is 1.35. The van der Waals surface area contributed by atoms with Crippen LogP contribution in [0.5, 0.6) is 0 Å². The monoisotopic (exact) mass is 557 g/mol. The second-order valence-electron chi connectivity index (χ2n) is 12.9. The van der Waals surface area contributed by atoms with E-state index in [1.807, 2.05) is 13.0 Å². The zero-order valence-electron chi connectivity index (χ0n) is 24.9. The number of aliphatic hydroxyl groups is 1. The molecule has 3 heterocycles. The Morgan fingerprint density at radius 2 is 1.76 bits per heavy atom. The number of hydrogen-bond donors (Lipinski definition) is 2. The number of piperidine rings is 1. The van der Waals surface area contributed by atoms with Crippen molar-refractivity contribution in [1.82, 2.24) is 9.47 Å². The summed E-state index contributed by atoms with van der Waals surface area (Å²) < 4.78 is 2.45. The zero-order chi connectivity index (χ0) is 28.5. The Morgan fingerprint density at radius 1 is 0.951 bits per heavy atom. The minimum absolute atomic E-state index is 0.245. The molecular weight excluding hydrogens is 510 g/mol. The highest BCUT2D eigenvalue weighted by Gasteiger charge is 2.31. The van der Waals surface area contributed by atoms with Crippen molar-refractivity contribution in [3.63, 3.8) is 0 Å². The summed E-state index contributed by atoms with van der Waals surface area (Å²) in [6, 6.07) is 13.2. The van der Waals surface area contributed by atoms with E-state index >= 15 is 0 Å². The maximum Gasteiger partial charge on any atom is 0.335 e. The van der Waals surface area contributed by atoms with Crippen molar-refractivity contribution in [2.24, 2.45) is 0 Å². The number of nitrogens with zero attached hydrogens (tertiary/aromatic N) is 3. The lowest BCUT2D eigenvalue weighted by molar-refractivity contribution is 0.0697. The van der Waals surface area contributed by atoms with Crippen molar-refractivity contribution in [1.29, 1.82) is 0 Å². The van der Waals surface area contributed by atoms with E-state index in [0.717, 1.165) is 51.1 Å². The van der Waals surface area contributed by atoms with Gasteiger partial charge in [0.25, 0.3) is 0 Å². The second kappa shape index (κ2) is 12.2. The number of aryl methyl sites for hydroxylation is 1. The lowest BCUT2D eigenvalue weighted by Crippen LogP contribution is -2.42. The van der Waals surface area contributed by atoms with E-state index in [2.05, 4.69) is 45.6 Å². The molecule has 0 bridgehead atoms. The average Bonchev–Trinajstić information content (AvgIpc) is 3.20. The molecule has 6 heteroatoms. The molecule has 6 nitrogen and oxygen atoms in total. The van der Waals surface area contributed by atoms with E-state index in [4.69, 9.17) is 0 Å². The van der Waals surface area contributed by atoms with Gasteiger partial charge >= 0.3 is 5.97 Å². The van der Waals surface area contributed by atoms with E-state index in [0.29, 0.717) is 17.5 Å². The number of anilines is 1. The van der Waals surface area contributed by atoms with Crippen LogP contribution in [-0.2, 0) is 6.54 Å². The number of carboxylic acids is 1. The Morgan fingerprint density at radius 3 is 2.54 bits per heavy atom. The van der Waals surface area contributed by atoms with Crippen LogP contribution in [0.3, 0.4) is 0 Å². The molecule has 6 rings (SSSR count). The first-order valence-electron chi connectivity index (χ1n) is 16.1. The fourth-order valence-electron chi connectivity index (χ4n) is 7.99. The maximum absolute atomic E-state index is 12.0. The molecule has 2 unspecified atom stereocenters. The summed E-state index contributed by atoms with van der Waals surface area (Å²) in [6.45, 7) is 9.07. The maximum atomic E-state index is 12.0. The van der Waals surface area contributed by atoms with E-state index in [9.17, 15) is 15.0 Å². The molecule has 3 aliphatic rings. The zero-order valence-corrected chi connectivity index (χ0v) is 24.9. The van der Waals surface area contributed by atoms with Gasteiger partial charge in [-0.3, -0.25) is 0 Å². The Labute approximate surface area is 245 Å². The molecule has 1 saturated heterocycles. The van der Waals surface area contributed by atoms with Crippen molar-refractivity contribution >= 4 is 22.6 Å². The fraction of sp³-hybridized carbons (Fsp3) is 0.571. The van der Waals surface area contributed by atoms with Crippen molar-refractivity contribution in [3.8, 4) is 11.3 Å². The number of aliphatic hydroxyl groups excluding tert-OH is 1. The molecule has 41 heavy (non-hydrogen) atoms. The van der Waals surface area contributed by atoms with Crippen molar-refractivity contribution in [3.05, 3.63) is 53.1 Å². The first-order valence-corrected chi connectivity index (χ1v) is 16.1. The highest BCUT2D eigenvalue weighted by Crippen LogP contribution is 2.47. The highest BCUT2D eigenvalue weighted by atomic mass is 16.4. The molecule has 2 atom stereocenters. The number of aromatic carboxylic acids is 1. The molecule has 0 radical (unpaired) electrons. The number of likely N-dealkylation sites (tertiary alicyclic amines) is 1. The standard InChI is InChI=1S/C35H47N3O3/c1-24-12-14-30-31(21-24)37(18-8-17-36-16-7-6-11-28(36)22-25(2)39)19-20-38-32-23-27(35(40)41)13-15-29(32)33(34(30)38)26-9-4-3-5-10-26/h12-15,21,23,25-26,28,39H,3-11,16-20,22H2,1-2H3,(H,40,41). The fourth-order valence-corrected chi connectivity index (χ4v) is 7.99. The molecule has 2 fully saturated rings. The third kappa shape index (κ3) is 5.78. The van der Waals surface area contributed by atoms with Crippen molar-refractivity contribution in [2.45, 2.75) is 103 Å². The van der Waals surface area contributed by atoms with Crippen LogP contribution in [0.15, 0.2) is 36.4 Å². The molecular formula is C35H47N3O3. The summed E-state index contributed by atoms with van der Waals surface area (Å²) in [7, 11) is 0. The largest absolute Gasteiger partial charge is 0.478 e. The lowest BCUT2D eigenvalue weighted by Gasteiger charge is -2.37. The summed E-state index contributed by atoms with van der Waals surface area (Å²) in [4.78, 5) is 17.2. The number of hydrogen-bond acceptors (Lipinski definition) is 4. The molecule has 1 aliphatic carbocycles. The number of aromatic nitrogens is 1. The van der Waals surface area contributed by atoms with E-state index < -0.39 is 5.97 Å². The normalized spacial score (nSPS) is 21.0. The molecule has 2 aromatic carbocycles. The first kappa shape index (κ1) is 28.3. The molecule has 2 N–H and O–H groups in total. The van der Waals surface area contributed by atoms with Crippen LogP contribution in [0.25, 0.3) is 22.2 Å². The minimum Gasteiger partial charge on any atom is -0.478 e. The number of carbonyl (C=O) groups is 1. The Kier molecular flexibility index (Phi) is 8.41. The molecule has 2 aliphatic heterocycles. The first-order chi connectivity index (χ1) is 19.9. The van der Waals surface area contributed by atoms with Gasteiger partial charge in [-0.1, -0.05) is 43.9 Å². The van der Waals surface area contributed by atoms with Crippen LogP contribution in [0.2, 0.25) is 0 Å². The summed E-state index contributed by atoms with van der Waals surface area (Å²) in [5, 5.41) is 21.1. The summed E-state index contributed by atoms with van der Waals surface area (Å²) in [5.41, 5.74) is 8.10. The van der Waals surface area contributed by atoms with Crippen molar-refractivity contribution < 1.29 is 15.0 Å². The highest BCUT2D eigenvalue weighted by molar-refractivity contribution is 5.99. The molecule has 1 aromatic heterocycles. The van der Waals surface area contributed by atoms with Gasteiger partial charge in [-0.05, 0) is 94.2 Å². The van der Waals surface area contributed by atoms with Crippen LogP contribution >= 0.6 is 0 Å². The van der Waals surface area contributed by atoms with Gasteiger partial charge in [-0.15, -0.1) is 0 Å². The van der Waals surface area contributed by atoms with E-state index in [1.165, 1.54) is 84.8 Å². The van der Waals surface area contributed by atoms with Gasteiger partial charge in [0.2, 0.25) is 0 Å². The molecule has 0 spiro atoms. The summed E-state index contributed by atoms with van der Waals surface area (Å²) in [5.74, 6) is -0.344. The summed E-state index contributed by atoms with van der Waals surface area (Å²) >= 11 is 0. The average molecular weight is 558 g/mol. The third-order valence-electron chi connectivity index (χ3n) is 9.94. The second-order valence-corrected chi connectivity index (χ2v) is 12.9. The van der Waals surface area contributed by atoms with Gasteiger partial charge in [0.15, 0.2) is 0 Å². The quantitative estimate of drug-likeness (QED) is 0.307. The molecule has 3 aromatic rings. The number of fused-ring (bicyclic) bond motifs is 5. The number of benzene rings is 2. The van der Waals surface area contributed by atoms with Gasteiger partial charge in [0, 0.05) is 54.4 Å². The van der Waals surface area contributed by atoms with Gasteiger partial charge in [-0.25, -0.2) is 4.79 Å². The minimum atomic E-state index is -0.862. The van der Waals surface area contributed by atoms with E-state index in [-0.39, 0.29) is 6.10 Å². The van der Waals surface area contributed by atoms with Gasteiger partial charge in [0.05, 0.1) is 17.4 Å². The predicted octanol–water partition coefficient (Wildman–Crippen LogP) is 7.20. The summed E-state index contributed by atoms with van der Waals surface area (Å²) in [6.07, 6.45) is 11.7. The van der Waals surface area contributed by atoms with E-state index in [1.54, 1.807) is 6.07 Å². The Hall–Kier alpha value is -2.83. The molecule has 0 amide bonds. The Bertz CT molecular complexity index is 1390. The van der Waals surface area contributed by atoms with Gasteiger partial charge in [-0.2, -0.15) is 0 Å². The predicted molar refractivity (Wildman–Crippen MR) is 167 cm³/mol. The van der Waals surface area contributed by atoms with Crippen molar-refractivity contribution in [2.75, 3.05) is 31.1 Å². The number of rotatable bonds is 8. The van der Waals surface area contributed by atoms with Gasteiger partial charge in [0.1, 0.15) is 0 Å². The smallest absolute Gasteiger partial charge is 0.335 e. The molecule has 1 saturated carbocycles. The third-order valence-corrected chi connectivity index (χ3v) is 9.94. The van der Waals surface area contributed by atoms with Crippen LogP contribution < -0.4 is 4.90 Å². The van der Waals surface area contributed by atoms with Crippen LogP contribution in [0.1, 0.15) is 98.5 Å². The van der Waals surface area contributed by atoms with Gasteiger partial charge < -0.3 is 24.6 Å². The lowest BCUT2D eigenvalue weighted by atomic mass is 9.81. The SMILES string of the molecule is Cc1ccc2c(c1)N(CCCN1CCCCC1CC(C)O)CCn1c-2c(C2CCCCC2)c2ccc(C(=O)O)cc21. The van der Waals surface area contributed by atoms with Crippen LogP contribution in [-0.4, -0.2) is 64.0 Å². The van der Waals surface area contributed by atoms with Crippen LogP contribution in [0, 0.1) is 6.92 Å². The topological polar surface area (TPSA) is 68.9 Å². The molecule has 220 valence electrons. The van der Waals surface area contributed by atoms with Crippen LogP contribution in [0.4, 0.5) is 5.69 Å². The number of carboxylic acid groups (broad SMARTS) is 1.